The first-order valence-corrected chi connectivity index (χ1v) is 10.8. The summed E-state index contributed by atoms with van der Waals surface area (Å²) < 4.78 is 27.5. The molecule has 1 fully saturated rings. The Labute approximate surface area is 166 Å². The number of hydrogen-bond acceptors (Lipinski definition) is 5. The molecule has 2 heterocycles. The Morgan fingerprint density at radius 1 is 1.11 bits per heavy atom. The van der Waals surface area contributed by atoms with Crippen LogP contribution in [0.1, 0.15) is 10.5 Å². The molecule has 1 aliphatic rings. The number of rotatable bonds is 7. The van der Waals surface area contributed by atoms with Gasteiger partial charge in [-0.2, -0.15) is 0 Å². The molecule has 1 aliphatic heterocycles. The van der Waals surface area contributed by atoms with Crippen LogP contribution >= 0.6 is 0 Å². The summed E-state index contributed by atoms with van der Waals surface area (Å²) in [6.45, 7) is 5.09. The zero-order valence-corrected chi connectivity index (χ0v) is 17.1. The second-order valence-electron chi connectivity index (χ2n) is 6.80. The van der Waals surface area contributed by atoms with Gasteiger partial charge in [0.05, 0.1) is 0 Å². The molecule has 1 saturated heterocycles. The summed E-state index contributed by atoms with van der Waals surface area (Å²) in [6.07, 6.45) is 1.43. The van der Waals surface area contributed by atoms with Gasteiger partial charge < -0.3 is 14.8 Å². The van der Waals surface area contributed by atoms with Crippen LogP contribution in [-0.4, -0.2) is 70.1 Å². The minimum Gasteiger partial charge on any atom is -0.369 e. The van der Waals surface area contributed by atoms with Gasteiger partial charge in [-0.15, -0.1) is 0 Å². The second kappa shape index (κ2) is 8.76. The Hall–Kier alpha value is -2.36. The molecule has 152 valence electrons. The minimum atomic E-state index is -3.56. The van der Waals surface area contributed by atoms with Gasteiger partial charge >= 0.3 is 0 Å². The smallest absolute Gasteiger partial charge is 0.267 e. The van der Waals surface area contributed by atoms with E-state index >= 15 is 0 Å². The van der Waals surface area contributed by atoms with Crippen molar-refractivity contribution in [3.63, 3.8) is 0 Å². The van der Waals surface area contributed by atoms with Gasteiger partial charge in [-0.1, -0.05) is 18.2 Å². The van der Waals surface area contributed by atoms with Crippen molar-refractivity contribution in [2.75, 3.05) is 51.2 Å². The van der Waals surface area contributed by atoms with Crippen LogP contribution in [0.3, 0.4) is 0 Å². The fourth-order valence-electron chi connectivity index (χ4n) is 3.31. The highest BCUT2D eigenvalue weighted by Crippen LogP contribution is 2.15. The van der Waals surface area contributed by atoms with Crippen LogP contribution in [0.25, 0.3) is 0 Å². The highest BCUT2D eigenvalue weighted by atomic mass is 32.2. The lowest BCUT2D eigenvalue weighted by molar-refractivity contribution is 0.0939. The maximum absolute atomic E-state index is 12.4. The number of aryl methyl sites for hydroxylation is 1. The van der Waals surface area contributed by atoms with E-state index in [9.17, 15) is 13.2 Å². The van der Waals surface area contributed by atoms with E-state index in [4.69, 9.17) is 0 Å². The maximum atomic E-state index is 12.4. The van der Waals surface area contributed by atoms with E-state index in [1.807, 2.05) is 18.2 Å². The largest absolute Gasteiger partial charge is 0.369 e. The van der Waals surface area contributed by atoms with Gasteiger partial charge in [-0.05, 0) is 25.2 Å². The van der Waals surface area contributed by atoms with E-state index in [1.165, 1.54) is 29.6 Å². The molecule has 2 aromatic rings. The molecular weight excluding hydrogens is 378 g/mol. The highest BCUT2D eigenvalue weighted by molar-refractivity contribution is 7.89. The van der Waals surface area contributed by atoms with Crippen molar-refractivity contribution in [3.05, 3.63) is 48.3 Å². The van der Waals surface area contributed by atoms with Crippen molar-refractivity contribution >= 4 is 21.6 Å². The average Bonchev–Trinajstić information content (AvgIpc) is 3.12. The van der Waals surface area contributed by atoms with Crippen molar-refractivity contribution in [2.24, 2.45) is 7.05 Å². The third-order valence-electron chi connectivity index (χ3n) is 5.00. The summed E-state index contributed by atoms with van der Waals surface area (Å²) in [5, 5.41) is 2.88. The van der Waals surface area contributed by atoms with Gasteiger partial charge in [0.15, 0.2) is 0 Å². The lowest BCUT2D eigenvalue weighted by Gasteiger charge is -2.36. The summed E-state index contributed by atoms with van der Waals surface area (Å²) in [5.41, 5.74) is 1.56. The van der Waals surface area contributed by atoms with Crippen LogP contribution in [0.4, 0.5) is 5.69 Å². The number of sulfonamides is 1. The van der Waals surface area contributed by atoms with Gasteiger partial charge in [-0.3, -0.25) is 9.69 Å². The van der Waals surface area contributed by atoms with E-state index in [1.54, 1.807) is 7.05 Å². The highest BCUT2D eigenvalue weighted by Gasteiger charge is 2.20. The number of para-hydroxylation sites is 1. The fourth-order valence-corrected chi connectivity index (χ4v) is 4.11. The van der Waals surface area contributed by atoms with Crippen molar-refractivity contribution in [3.8, 4) is 0 Å². The van der Waals surface area contributed by atoms with Crippen LogP contribution in [0.15, 0.2) is 47.5 Å². The lowest BCUT2D eigenvalue weighted by Crippen LogP contribution is -2.48. The number of hydrogen-bond donors (Lipinski definition) is 2. The number of nitrogens with zero attached hydrogens (tertiary/aromatic N) is 3. The van der Waals surface area contributed by atoms with Crippen LogP contribution in [0.2, 0.25) is 0 Å². The third-order valence-corrected chi connectivity index (χ3v) is 6.38. The summed E-state index contributed by atoms with van der Waals surface area (Å²) in [4.78, 5) is 17.2. The van der Waals surface area contributed by atoms with E-state index in [0.29, 0.717) is 12.2 Å². The number of amides is 1. The maximum Gasteiger partial charge on any atom is 0.267 e. The summed E-state index contributed by atoms with van der Waals surface area (Å²) in [7, 11) is -0.557. The Balaban J connectivity index is 1.46. The number of piperazine rings is 1. The van der Waals surface area contributed by atoms with Gasteiger partial charge in [0.1, 0.15) is 10.6 Å². The van der Waals surface area contributed by atoms with Crippen molar-refractivity contribution < 1.29 is 13.2 Å². The number of anilines is 1. The molecule has 9 heteroatoms. The summed E-state index contributed by atoms with van der Waals surface area (Å²) in [5.74, 6) is -0.275. The van der Waals surface area contributed by atoms with E-state index in [-0.39, 0.29) is 10.8 Å². The summed E-state index contributed by atoms with van der Waals surface area (Å²) in [6, 6.07) is 11.8. The zero-order valence-electron chi connectivity index (χ0n) is 16.3. The molecule has 3 rings (SSSR count). The Kier molecular flexibility index (Phi) is 6.38. The molecule has 0 unspecified atom stereocenters. The topological polar surface area (TPSA) is 86.7 Å². The van der Waals surface area contributed by atoms with Crippen molar-refractivity contribution in [1.29, 1.82) is 0 Å². The first-order valence-electron chi connectivity index (χ1n) is 9.31. The van der Waals surface area contributed by atoms with E-state index in [2.05, 4.69) is 32.0 Å². The van der Waals surface area contributed by atoms with Gasteiger partial charge in [0.2, 0.25) is 10.0 Å². The van der Waals surface area contributed by atoms with Crippen LogP contribution in [0, 0.1) is 0 Å². The molecule has 0 saturated carbocycles. The Morgan fingerprint density at radius 2 is 1.79 bits per heavy atom. The van der Waals surface area contributed by atoms with Crippen molar-refractivity contribution in [1.82, 2.24) is 19.5 Å². The molecule has 2 N–H and O–H groups in total. The average molecular weight is 406 g/mol. The zero-order chi connectivity index (χ0) is 20.1. The summed E-state index contributed by atoms with van der Waals surface area (Å²) >= 11 is 0. The molecule has 8 nitrogen and oxygen atoms in total. The van der Waals surface area contributed by atoms with Gasteiger partial charge in [-0.25, -0.2) is 13.1 Å². The normalized spacial score (nSPS) is 15.6. The molecule has 0 spiro atoms. The molecule has 1 amide bonds. The molecule has 1 aromatic carbocycles. The van der Waals surface area contributed by atoms with E-state index in [0.717, 1.165) is 32.7 Å². The lowest BCUT2D eigenvalue weighted by atomic mass is 10.2. The molecule has 1 aromatic heterocycles. The molecule has 0 bridgehead atoms. The van der Waals surface area contributed by atoms with Gasteiger partial charge in [0, 0.05) is 58.2 Å². The number of carbonyl (C=O) groups is 1. The third kappa shape index (κ3) is 4.73. The van der Waals surface area contributed by atoms with Crippen LogP contribution < -0.4 is 14.9 Å². The standard InChI is InChI=1S/C19H27N5O3S/c1-20-28(26,27)17-14-18(22(2)15-17)19(25)21-8-9-23-10-12-24(13-11-23)16-6-4-3-5-7-16/h3-7,14-15,20H,8-13H2,1-2H3,(H,21,25). The predicted octanol–water partition coefficient (Wildman–Crippen LogP) is 0.485. The SMILES string of the molecule is CNS(=O)(=O)c1cc(C(=O)NCCN2CCN(c3ccccc3)CC2)n(C)c1. The number of nitrogens with one attached hydrogen (secondary N) is 2. The van der Waals surface area contributed by atoms with Crippen LogP contribution in [-0.2, 0) is 17.1 Å². The van der Waals surface area contributed by atoms with E-state index < -0.39 is 10.0 Å². The quantitative estimate of drug-likeness (QED) is 0.700. The molecular formula is C19H27N5O3S. The minimum absolute atomic E-state index is 0.0830. The molecule has 0 aliphatic carbocycles. The second-order valence-corrected chi connectivity index (χ2v) is 8.69. The number of aromatic nitrogens is 1. The van der Waals surface area contributed by atoms with Gasteiger partial charge in [0.25, 0.3) is 5.91 Å². The molecule has 0 atom stereocenters. The van der Waals surface area contributed by atoms with Crippen LogP contribution in [0.5, 0.6) is 0 Å². The molecule has 28 heavy (non-hydrogen) atoms. The monoisotopic (exact) mass is 405 g/mol. The first kappa shape index (κ1) is 20.4. The number of carbonyl (C=O) groups excluding carboxylic acids is 1. The predicted molar refractivity (Wildman–Crippen MR) is 109 cm³/mol. The Bertz CT molecular complexity index is 903. The Morgan fingerprint density at radius 3 is 2.43 bits per heavy atom. The number of benzene rings is 1. The van der Waals surface area contributed by atoms with Crippen molar-refractivity contribution in [2.45, 2.75) is 4.90 Å². The fraction of sp³-hybridized carbons (Fsp3) is 0.421. The first-order chi connectivity index (χ1) is 13.4. The molecule has 0 radical (unpaired) electrons.